The van der Waals surface area contributed by atoms with Crippen LogP contribution in [-0.4, -0.2) is 35.7 Å². The van der Waals surface area contributed by atoms with Crippen LogP contribution < -0.4 is 0 Å². The number of aliphatic hydroxyl groups is 1. The quantitative estimate of drug-likeness (QED) is 0.627. The third-order valence-electron chi connectivity index (χ3n) is 3.51. The van der Waals surface area contributed by atoms with E-state index in [0.29, 0.717) is 12.6 Å². The van der Waals surface area contributed by atoms with E-state index in [-0.39, 0.29) is 0 Å². The van der Waals surface area contributed by atoms with Crippen molar-refractivity contribution in [3.63, 3.8) is 0 Å². The summed E-state index contributed by atoms with van der Waals surface area (Å²) in [7, 11) is 0. The fourth-order valence-corrected chi connectivity index (χ4v) is 2.49. The molecule has 0 aromatic heterocycles. The van der Waals surface area contributed by atoms with Gasteiger partial charge in [0.1, 0.15) is 0 Å². The molecule has 0 unspecified atom stereocenters. The highest BCUT2D eigenvalue weighted by atomic mass is 16.3. The van der Waals surface area contributed by atoms with Gasteiger partial charge in [0.05, 0.1) is 6.61 Å². The van der Waals surface area contributed by atoms with E-state index in [0.717, 1.165) is 0 Å². The number of aliphatic hydroxyl groups excluding tert-OH is 1. The van der Waals surface area contributed by atoms with E-state index in [9.17, 15) is 0 Å². The summed E-state index contributed by atoms with van der Waals surface area (Å²) in [5.74, 6) is 0. The smallest absolute Gasteiger partial charge is 0.0586 e. The minimum Gasteiger partial charge on any atom is -0.395 e. The number of likely N-dealkylation sites (tertiary alicyclic amines) is 1. The van der Waals surface area contributed by atoms with Crippen LogP contribution in [0.3, 0.4) is 0 Å². The summed E-state index contributed by atoms with van der Waals surface area (Å²) in [4.78, 5) is 2.47. The van der Waals surface area contributed by atoms with Gasteiger partial charge >= 0.3 is 0 Å². The lowest BCUT2D eigenvalue weighted by Gasteiger charge is -2.22. The van der Waals surface area contributed by atoms with Gasteiger partial charge in [0, 0.05) is 6.04 Å². The van der Waals surface area contributed by atoms with Crippen LogP contribution >= 0.6 is 0 Å². The van der Waals surface area contributed by atoms with Crippen LogP contribution in [0, 0.1) is 0 Å². The van der Waals surface area contributed by atoms with Gasteiger partial charge in [-0.25, -0.2) is 0 Å². The van der Waals surface area contributed by atoms with Crippen molar-refractivity contribution >= 4 is 0 Å². The standard InChI is InChI=1S/C13H27NO/c1-2-3-4-5-6-7-10-14-11-8-9-13(14)12-15/h13,15H,2-12H2,1H3/t13-/m1/s1. The molecule has 1 N–H and O–H groups in total. The third kappa shape index (κ3) is 4.98. The van der Waals surface area contributed by atoms with Gasteiger partial charge in [-0.15, -0.1) is 0 Å². The van der Waals surface area contributed by atoms with Crippen LogP contribution in [0.15, 0.2) is 0 Å². The van der Waals surface area contributed by atoms with Crippen molar-refractivity contribution in [2.45, 2.75) is 64.3 Å². The molecule has 90 valence electrons. The second-order valence-electron chi connectivity index (χ2n) is 4.78. The minimum atomic E-state index is 0.357. The molecule has 1 saturated heterocycles. The van der Waals surface area contributed by atoms with Crippen LogP contribution in [0.25, 0.3) is 0 Å². The van der Waals surface area contributed by atoms with Gasteiger partial charge in [0.25, 0.3) is 0 Å². The maximum Gasteiger partial charge on any atom is 0.0586 e. The van der Waals surface area contributed by atoms with Gasteiger partial charge in [-0.3, -0.25) is 4.90 Å². The molecule has 1 heterocycles. The van der Waals surface area contributed by atoms with Crippen molar-refractivity contribution in [1.82, 2.24) is 4.90 Å². The predicted octanol–water partition coefficient (Wildman–Crippen LogP) is 2.80. The lowest BCUT2D eigenvalue weighted by Crippen LogP contribution is -2.32. The zero-order valence-electron chi connectivity index (χ0n) is 10.2. The van der Waals surface area contributed by atoms with Gasteiger partial charge in [-0.05, 0) is 32.4 Å². The monoisotopic (exact) mass is 213 g/mol. The Morgan fingerprint density at radius 3 is 2.60 bits per heavy atom. The highest BCUT2D eigenvalue weighted by Crippen LogP contribution is 2.17. The molecular formula is C13H27NO. The SMILES string of the molecule is CCCCCCCCN1CCC[C@@H]1CO. The summed E-state index contributed by atoms with van der Waals surface area (Å²) in [5, 5.41) is 9.17. The Bertz CT molecular complexity index is 149. The van der Waals surface area contributed by atoms with Crippen LogP contribution in [0.1, 0.15) is 58.3 Å². The largest absolute Gasteiger partial charge is 0.395 e. The first-order chi connectivity index (χ1) is 7.38. The fraction of sp³-hybridized carbons (Fsp3) is 1.00. The topological polar surface area (TPSA) is 23.5 Å². The highest BCUT2D eigenvalue weighted by molar-refractivity contribution is 4.77. The molecule has 0 aromatic rings. The van der Waals surface area contributed by atoms with Gasteiger partial charge in [-0.1, -0.05) is 39.0 Å². The molecule has 0 saturated carbocycles. The molecule has 15 heavy (non-hydrogen) atoms. The zero-order valence-corrected chi connectivity index (χ0v) is 10.2. The van der Waals surface area contributed by atoms with E-state index in [4.69, 9.17) is 5.11 Å². The Morgan fingerprint density at radius 2 is 1.87 bits per heavy atom. The Hall–Kier alpha value is -0.0800. The summed E-state index contributed by atoms with van der Waals surface area (Å²) in [6.45, 7) is 5.03. The number of unbranched alkanes of at least 4 members (excludes halogenated alkanes) is 5. The first kappa shape index (κ1) is 13.0. The van der Waals surface area contributed by atoms with E-state index < -0.39 is 0 Å². The molecule has 2 nitrogen and oxygen atoms in total. The summed E-state index contributed by atoms with van der Waals surface area (Å²) in [6, 6.07) is 0.473. The molecule has 1 fully saturated rings. The summed E-state index contributed by atoms with van der Waals surface area (Å²) in [5.41, 5.74) is 0. The van der Waals surface area contributed by atoms with Gasteiger partial charge in [0.2, 0.25) is 0 Å². The first-order valence-corrected chi connectivity index (χ1v) is 6.73. The number of hydrogen-bond donors (Lipinski definition) is 1. The maximum atomic E-state index is 9.17. The average molecular weight is 213 g/mol. The average Bonchev–Trinajstić information content (AvgIpc) is 2.70. The van der Waals surface area contributed by atoms with Crippen molar-refractivity contribution in [3.8, 4) is 0 Å². The normalized spacial score (nSPS) is 22.4. The van der Waals surface area contributed by atoms with Gasteiger partial charge in [0.15, 0.2) is 0 Å². The number of nitrogens with zero attached hydrogens (tertiary/aromatic N) is 1. The molecule has 0 radical (unpaired) electrons. The van der Waals surface area contributed by atoms with E-state index in [2.05, 4.69) is 11.8 Å². The Kier molecular flexibility index (Phi) is 7.03. The Morgan fingerprint density at radius 1 is 1.13 bits per heavy atom. The molecule has 0 aromatic carbocycles. The van der Waals surface area contributed by atoms with Crippen molar-refractivity contribution < 1.29 is 5.11 Å². The number of rotatable bonds is 8. The fourth-order valence-electron chi connectivity index (χ4n) is 2.49. The zero-order chi connectivity index (χ0) is 10.9. The van der Waals surface area contributed by atoms with E-state index in [1.165, 1.54) is 64.5 Å². The second-order valence-corrected chi connectivity index (χ2v) is 4.78. The van der Waals surface area contributed by atoms with E-state index in [1.54, 1.807) is 0 Å². The van der Waals surface area contributed by atoms with Crippen molar-refractivity contribution in [2.75, 3.05) is 19.7 Å². The predicted molar refractivity (Wildman–Crippen MR) is 65.1 cm³/mol. The van der Waals surface area contributed by atoms with Crippen molar-refractivity contribution in [1.29, 1.82) is 0 Å². The molecule has 0 amide bonds. The lowest BCUT2D eigenvalue weighted by atomic mass is 10.1. The number of hydrogen-bond acceptors (Lipinski definition) is 2. The minimum absolute atomic E-state index is 0.357. The molecule has 1 atom stereocenters. The first-order valence-electron chi connectivity index (χ1n) is 6.73. The van der Waals surface area contributed by atoms with Gasteiger partial charge in [-0.2, -0.15) is 0 Å². The summed E-state index contributed by atoms with van der Waals surface area (Å²) >= 11 is 0. The third-order valence-corrected chi connectivity index (χ3v) is 3.51. The second kappa shape index (κ2) is 8.12. The van der Waals surface area contributed by atoms with Crippen LogP contribution in [0.2, 0.25) is 0 Å². The van der Waals surface area contributed by atoms with E-state index in [1.807, 2.05) is 0 Å². The van der Waals surface area contributed by atoms with E-state index >= 15 is 0 Å². The lowest BCUT2D eigenvalue weighted by molar-refractivity contribution is 0.157. The maximum absolute atomic E-state index is 9.17. The van der Waals surface area contributed by atoms with Crippen LogP contribution in [0.5, 0.6) is 0 Å². The molecule has 1 rings (SSSR count). The molecule has 1 aliphatic rings. The Balaban J connectivity index is 1.95. The van der Waals surface area contributed by atoms with Crippen molar-refractivity contribution in [3.05, 3.63) is 0 Å². The van der Waals surface area contributed by atoms with Crippen LogP contribution in [0.4, 0.5) is 0 Å². The summed E-state index contributed by atoms with van der Waals surface area (Å²) < 4.78 is 0. The highest BCUT2D eigenvalue weighted by Gasteiger charge is 2.22. The molecule has 1 aliphatic heterocycles. The molecule has 2 heteroatoms. The Labute approximate surface area is 94.7 Å². The molecular weight excluding hydrogens is 186 g/mol. The summed E-state index contributed by atoms with van der Waals surface area (Å²) in [6.07, 6.45) is 10.7. The van der Waals surface area contributed by atoms with Crippen molar-refractivity contribution in [2.24, 2.45) is 0 Å². The van der Waals surface area contributed by atoms with Gasteiger partial charge < -0.3 is 5.11 Å². The molecule has 0 bridgehead atoms. The molecule has 0 aliphatic carbocycles. The van der Waals surface area contributed by atoms with Crippen LogP contribution in [-0.2, 0) is 0 Å². The molecule has 0 spiro atoms.